The summed E-state index contributed by atoms with van der Waals surface area (Å²) in [5.41, 5.74) is 7.58. The Kier molecular flexibility index (Phi) is 6.22. The van der Waals surface area contributed by atoms with E-state index < -0.39 is 0 Å². The number of carbonyl (C=O) groups is 1. The highest BCUT2D eigenvalue weighted by molar-refractivity contribution is 5.76. The summed E-state index contributed by atoms with van der Waals surface area (Å²) in [6, 6.07) is 7.67. The molecule has 0 heterocycles. The molecule has 0 fully saturated rings. The number of nitrogen functional groups attached to an aromatic ring is 1. The molecule has 3 N–H and O–H groups in total. The number of amides is 1. The van der Waals surface area contributed by atoms with Gasteiger partial charge in [0.05, 0.1) is 6.61 Å². The molecule has 4 heteroatoms. The van der Waals surface area contributed by atoms with E-state index in [4.69, 9.17) is 10.5 Å². The Labute approximate surface area is 109 Å². The Bertz CT molecular complexity index is 380. The van der Waals surface area contributed by atoms with Gasteiger partial charge in [-0.05, 0) is 31.9 Å². The molecule has 0 aliphatic heterocycles. The number of hydrogen-bond acceptors (Lipinski definition) is 3. The van der Waals surface area contributed by atoms with Gasteiger partial charge in [-0.3, -0.25) is 4.79 Å². The lowest BCUT2D eigenvalue weighted by Gasteiger charge is -2.13. The van der Waals surface area contributed by atoms with Crippen LogP contribution in [0.5, 0.6) is 0 Å². The van der Waals surface area contributed by atoms with Crippen LogP contribution in [0.2, 0.25) is 0 Å². The van der Waals surface area contributed by atoms with E-state index in [1.165, 1.54) is 0 Å². The molecular formula is C14H22N2O2. The molecule has 0 aliphatic rings. The monoisotopic (exact) mass is 250 g/mol. The zero-order valence-electron chi connectivity index (χ0n) is 11.1. The number of rotatable bonds is 7. The fourth-order valence-corrected chi connectivity index (χ4v) is 1.69. The number of benzene rings is 1. The average Bonchev–Trinajstić information content (AvgIpc) is 2.35. The maximum Gasteiger partial charge on any atom is 0.220 e. The Morgan fingerprint density at radius 2 is 2.17 bits per heavy atom. The number of hydrogen-bond donors (Lipinski definition) is 2. The van der Waals surface area contributed by atoms with Crippen LogP contribution in [0.4, 0.5) is 5.69 Å². The van der Waals surface area contributed by atoms with E-state index in [0.717, 1.165) is 11.3 Å². The van der Waals surface area contributed by atoms with Gasteiger partial charge in [0.2, 0.25) is 5.91 Å². The number of carbonyl (C=O) groups excluding carboxylic acids is 1. The number of nitrogens with one attached hydrogen (secondary N) is 1. The summed E-state index contributed by atoms with van der Waals surface area (Å²) in [4.78, 5) is 11.7. The van der Waals surface area contributed by atoms with Gasteiger partial charge in [-0.25, -0.2) is 0 Å². The lowest BCUT2D eigenvalue weighted by atomic mass is 10.1. The molecule has 0 saturated heterocycles. The van der Waals surface area contributed by atoms with Crippen molar-refractivity contribution < 1.29 is 9.53 Å². The van der Waals surface area contributed by atoms with Crippen LogP contribution in [0.3, 0.4) is 0 Å². The fourth-order valence-electron chi connectivity index (χ4n) is 1.69. The molecule has 0 aliphatic carbocycles. The number of para-hydroxylation sites is 1. The predicted octanol–water partition coefficient (Wildman–Crippen LogP) is 1.74. The molecule has 0 bridgehead atoms. The van der Waals surface area contributed by atoms with Gasteiger partial charge in [-0.2, -0.15) is 0 Å². The minimum atomic E-state index is 0.0328. The predicted molar refractivity (Wildman–Crippen MR) is 73.3 cm³/mol. The molecule has 1 aromatic rings. The number of ether oxygens (including phenoxy) is 1. The maximum absolute atomic E-state index is 11.7. The van der Waals surface area contributed by atoms with Gasteiger partial charge in [0, 0.05) is 24.8 Å². The Morgan fingerprint density at radius 1 is 1.44 bits per heavy atom. The molecule has 4 nitrogen and oxygen atoms in total. The van der Waals surface area contributed by atoms with Crippen LogP contribution in [-0.2, 0) is 16.0 Å². The molecule has 0 radical (unpaired) electrons. The van der Waals surface area contributed by atoms with E-state index in [-0.39, 0.29) is 11.9 Å². The minimum absolute atomic E-state index is 0.0328. The Hall–Kier alpha value is -1.55. The Balaban J connectivity index is 2.31. The largest absolute Gasteiger partial charge is 0.399 e. The summed E-state index contributed by atoms with van der Waals surface area (Å²) in [6.07, 6.45) is 1.12. The topological polar surface area (TPSA) is 64.3 Å². The lowest BCUT2D eigenvalue weighted by molar-refractivity contribution is -0.122. The summed E-state index contributed by atoms with van der Waals surface area (Å²) in [6.45, 7) is 5.09. The Morgan fingerprint density at radius 3 is 2.83 bits per heavy atom. The molecule has 1 amide bonds. The summed E-state index contributed by atoms with van der Waals surface area (Å²) >= 11 is 0. The highest BCUT2D eigenvalue weighted by Gasteiger charge is 2.08. The van der Waals surface area contributed by atoms with Gasteiger partial charge in [-0.1, -0.05) is 18.2 Å². The maximum atomic E-state index is 11.7. The van der Waals surface area contributed by atoms with Crippen molar-refractivity contribution in [3.8, 4) is 0 Å². The summed E-state index contributed by atoms with van der Waals surface area (Å²) in [5.74, 6) is 0.0328. The second-order valence-corrected chi connectivity index (χ2v) is 4.33. The van der Waals surface area contributed by atoms with Crippen molar-refractivity contribution in [1.29, 1.82) is 0 Å². The summed E-state index contributed by atoms with van der Waals surface area (Å²) in [7, 11) is 0. The van der Waals surface area contributed by atoms with Gasteiger partial charge in [-0.15, -0.1) is 0 Å². The van der Waals surface area contributed by atoms with Gasteiger partial charge in [0.25, 0.3) is 0 Å². The molecule has 0 spiro atoms. The zero-order chi connectivity index (χ0) is 13.4. The average molecular weight is 250 g/mol. The first-order valence-electron chi connectivity index (χ1n) is 6.34. The van der Waals surface area contributed by atoms with Crippen LogP contribution < -0.4 is 11.1 Å². The quantitative estimate of drug-likeness (QED) is 0.724. The van der Waals surface area contributed by atoms with E-state index in [1.807, 2.05) is 38.1 Å². The number of nitrogens with two attached hydrogens (primary N) is 1. The van der Waals surface area contributed by atoms with Crippen LogP contribution in [-0.4, -0.2) is 25.2 Å². The van der Waals surface area contributed by atoms with Gasteiger partial charge in [0.15, 0.2) is 0 Å². The van der Waals surface area contributed by atoms with E-state index >= 15 is 0 Å². The molecule has 100 valence electrons. The smallest absolute Gasteiger partial charge is 0.220 e. The summed E-state index contributed by atoms with van der Waals surface area (Å²) < 4.78 is 5.24. The van der Waals surface area contributed by atoms with Gasteiger partial charge >= 0.3 is 0 Å². The van der Waals surface area contributed by atoms with Crippen LogP contribution >= 0.6 is 0 Å². The summed E-state index contributed by atoms with van der Waals surface area (Å²) in [5, 5.41) is 2.90. The third-order valence-corrected chi connectivity index (χ3v) is 2.66. The highest BCUT2D eigenvalue weighted by atomic mass is 16.5. The van der Waals surface area contributed by atoms with Crippen LogP contribution in [0.15, 0.2) is 24.3 Å². The lowest BCUT2D eigenvalue weighted by Crippen LogP contribution is -2.36. The van der Waals surface area contributed by atoms with Crippen molar-refractivity contribution in [2.45, 2.75) is 32.7 Å². The van der Waals surface area contributed by atoms with E-state index in [1.54, 1.807) is 0 Å². The second-order valence-electron chi connectivity index (χ2n) is 4.33. The third-order valence-electron chi connectivity index (χ3n) is 2.66. The number of anilines is 1. The molecule has 1 unspecified atom stereocenters. The van der Waals surface area contributed by atoms with Crippen molar-refractivity contribution in [3.63, 3.8) is 0 Å². The molecule has 1 rings (SSSR count). The van der Waals surface area contributed by atoms with Crippen molar-refractivity contribution in [3.05, 3.63) is 29.8 Å². The van der Waals surface area contributed by atoms with Crippen molar-refractivity contribution in [2.75, 3.05) is 18.9 Å². The van der Waals surface area contributed by atoms with Crippen LogP contribution in [0, 0.1) is 0 Å². The van der Waals surface area contributed by atoms with Gasteiger partial charge in [0.1, 0.15) is 0 Å². The first-order valence-corrected chi connectivity index (χ1v) is 6.34. The molecular weight excluding hydrogens is 228 g/mol. The normalized spacial score (nSPS) is 12.1. The van der Waals surface area contributed by atoms with Gasteiger partial charge < -0.3 is 15.8 Å². The fraction of sp³-hybridized carbons (Fsp3) is 0.500. The van der Waals surface area contributed by atoms with E-state index in [0.29, 0.717) is 26.1 Å². The minimum Gasteiger partial charge on any atom is -0.399 e. The molecule has 18 heavy (non-hydrogen) atoms. The highest BCUT2D eigenvalue weighted by Crippen LogP contribution is 2.12. The molecule has 1 atom stereocenters. The zero-order valence-corrected chi connectivity index (χ0v) is 11.1. The molecule has 0 aromatic heterocycles. The SMILES string of the molecule is CCOCC(C)NC(=O)CCc1ccccc1N. The van der Waals surface area contributed by atoms with Crippen LogP contribution in [0.1, 0.15) is 25.8 Å². The standard InChI is InChI=1S/C14H22N2O2/c1-3-18-10-11(2)16-14(17)9-8-12-6-4-5-7-13(12)15/h4-7,11H,3,8-10,15H2,1-2H3,(H,16,17). The number of aryl methyl sites for hydroxylation is 1. The van der Waals surface area contributed by atoms with Crippen molar-refractivity contribution in [2.24, 2.45) is 0 Å². The third kappa shape index (κ3) is 5.19. The first kappa shape index (κ1) is 14.5. The second kappa shape index (κ2) is 7.71. The van der Waals surface area contributed by atoms with Crippen molar-refractivity contribution in [1.82, 2.24) is 5.32 Å². The van der Waals surface area contributed by atoms with E-state index in [9.17, 15) is 4.79 Å². The van der Waals surface area contributed by atoms with E-state index in [2.05, 4.69) is 5.32 Å². The van der Waals surface area contributed by atoms with Crippen LogP contribution in [0.25, 0.3) is 0 Å². The van der Waals surface area contributed by atoms with Crippen molar-refractivity contribution >= 4 is 11.6 Å². The molecule has 1 aromatic carbocycles. The first-order chi connectivity index (χ1) is 8.63. The molecule has 0 saturated carbocycles.